The van der Waals surface area contributed by atoms with Crippen molar-refractivity contribution in [2.45, 2.75) is 45.3 Å². The third-order valence-electron chi connectivity index (χ3n) is 5.90. The highest BCUT2D eigenvalue weighted by Crippen LogP contribution is 2.20. The molecule has 1 aliphatic rings. The van der Waals surface area contributed by atoms with Gasteiger partial charge >= 0.3 is 0 Å². The van der Waals surface area contributed by atoms with Gasteiger partial charge in [-0.2, -0.15) is 0 Å². The molecule has 1 aliphatic heterocycles. The summed E-state index contributed by atoms with van der Waals surface area (Å²) >= 11 is 0. The molecule has 0 spiro atoms. The van der Waals surface area contributed by atoms with Crippen LogP contribution in [0.4, 0.5) is 18.9 Å². The van der Waals surface area contributed by atoms with Gasteiger partial charge < -0.3 is 36.3 Å². The summed E-state index contributed by atoms with van der Waals surface area (Å²) in [4.78, 5) is 21.0. The first-order valence-corrected chi connectivity index (χ1v) is 14.5. The Morgan fingerprint density at radius 3 is 1.89 bits per heavy atom. The van der Waals surface area contributed by atoms with Crippen molar-refractivity contribution >= 4 is 18.4 Å². The number of pyridine rings is 1. The fourth-order valence-corrected chi connectivity index (χ4v) is 3.74. The fraction of sp³-hybridized carbons (Fsp3) is 0.382. The number of likely N-dealkylation sites (N-methyl/N-ethyl adjacent to an activating group) is 1. The highest BCUT2D eigenvalue weighted by atomic mass is 19.1. The minimum absolute atomic E-state index is 0.165. The van der Waals surface area contributed by atoms with Crippen LogP contribution in [0, 0.1) is 30.3 Å². The van der Waals surface area contributed by atoms with Crippen LogP contribution in [-0.2, 0) is 27.2 Å². The molecule has 2 aromatic carbocycles. The molecule has 0 radical (unpaired) electrons. The molecule has 9 nitrogen and oxygen atoms in total. The van der Waals surface area contributed by atoms with Gasteiger partial charge in [-0.25, -0.2) is 13.2 Å². The normalized spacial score (nSPS) is 14.2. The number of hydrogen-bond acceptors (Lipinski definition) is 8. The molecule has 0 aliphatic carbocycles. The number of carbonyl (C=O) groups is 2. The number of ether oxygens (including phenoxy) is 1. The Bertz CT molecular complexity index is 1140. The van der Waals surface area contributed by atoms with Crippen LogP contribution < -0.4 is 21.7 Å². The summed E-state index contributed by atoms with van der Waals surface area (Å²) in [6.07, 6.45) is 14.0. The van der Waals surface area contributed by atoms with E-state index in [0.717, 1.165) is 55.8 Å². The number of rotatable bonds is 8. The molecule has 0 bridgehead atoms. The van der Waals surface area contributed by atoms with Gasteiger partial charge in [0.2, 0.25) is 0 Å². The zero-order valence-electron chi connectivity index (χ0n) is 27.0. The van der Waals surface area contributed by atoms with Crippen LogP contribution in [0.25, 0.3) is 0 Å². The number of hydrogen-bond donors (Lipinski definition) is 5. The van der Waals surface area contributed by atoms with Crippen LogP contribution >= 0.6 is 0 Å². The smallest absolute Gasteiger partial charge is 0.290 e. The number of nitrogens with one attached hydrogen (secondary N) is 3. The molecule has 2 heterocycles. The Hall–Kier alpha value is -4.28. The van der Waals surface area contributed by atoms with Gasteiger partial charge in [-0.3, -0.25) is 9.78 Å². The minimum atomic E-state index is -0.251. The van der Waals surface area contributed by atoms with Crippen molar-refractivity contribution in [2.24, 2.45) is 5.73 Å². The van der Waals surface area contributed by atoms with E-state index in [1.807, 2.05) is 7.05 Å². The summed E-state index contributed by atoms with van der Waals surface area (Å²) in [5, 5.41) is 16.1. The number of aromatic nitrogens is 1. The van der Waals surface area contributed by atoms with Crippen LogP contribution in [-0.4, -0.2) is 75.3 Å². The molecule has 0 saturated carbocycles. The van der Waals surface area contributed by atoms with Crippen molar-refractivity contribution in [1.29, 1.82) is 0 Å². The Labute approximate surface area is 271 Å². The largest absolute Gasteiger partial charge is 0.483 e. The van der Waals surface area contributed by atoms with E-state index in [4.69, 9.17) is 25.2 Å². The topological polar surface area (TPSA) is 139 Å². The summed E-state index contributed by atoms with van der Waals surface area (Å²) in [5.41, 5.74) is 8.56. The van der Waals surface area contributed by atoms with E-state index in [2.05, 4.69) is 40.7 Å². The molecule has 3 aromatic rings. The van der Waals surface area contributed by atoms with Crippen LogP contribution in [0.3, 0.4) is 0 Å². The Morgan fingerprint density at radius 2 is 1.52 bits per heavy atom. The fourth-order valence-electron chi connectivity index (χ4n) is 3.74. The molecule has 1 saturated heterocycles. The summed E-state index contributed by atoms with van der Waals surface area (Å²) in [6.45, 7) is 6.50. The van der Waals surface area contributed by atoms with Gasteiger partial charge in [0.25, 0.3) is 6.47 Å². The predicted octanol–water partition coefficient (Wildman–Crippen LogP) is 4.45. The highest BCUT2D eigenvalue weighted by Gasteiger charge is 2.19. The number of carbonyl (C=O) groups excluding carboxylic acids is 1. The van der Waals surface area contributed by atoms with Crippen LogP contribution in [0.1, 0.15) is 37.0 Å². The van der Waals surface area contributed by atoms with Crippen molar-refractivity contribution in [1.82, 2.24) is 15.6 Å². The summed E-state index contributed by atoms with van der Waals surface area (Å²) < 4.78 is 44.7. The van der Waals surface area contributed by atoms with E-state index >= 15 is 0 Å². The molecule has 46 heavy (non-hydrogen) atoms. The first kappa shape index (κ1) is 43.8. The van der Waals surface area contributed by atoms with Gasteiger partial charge in [0.05, 0.1) is 30.8 Å². The van der Waals surface area contributed by atoms with Gasteiger partial charge in [-0.15, -0.1) is 12.8 Å². The van der Waals surface area contributed by atoms with Gasteiger partial charge in [0, 0.05) is 38.3 Å². The number of anilines is 1. The lowest BCUT2D eigenvalue weighted by Gasteiger charge is -2.28. The molecule has 2 atom stereocenters. The highest BCUT2D eigenvalue weighted by molar-refractivity contribution is 5.49. The predicted molar refractivity (Wildman–Crippen MR) is 178 cm³/mol. The molecule has 1 aromatic heterocycles. The van der Waals surface area contributed by atoms with Gasteiger partial charge in [0.1, 0.15) is 23.7 Å². The maximum atomic E-state index is 13.7. The zero-order valence-corrected chi connectivity index (χ0v) is 27.0. The van der Waals surface area contributed by atoms with Crippen molar-refractivity contribution < 1.29 is 32.6 Å². The van der Waals surface area contributed by atoms with Crippen molar-refractivity contribution in [3.8, 4) is 12.8 Å². The molecule has 12 heteroatoms. The first-order valence-electron chi connectivity index (χ1n) is 14.5. The summed E-state index contributed by atoms with van der Waals surface area (Å²) in [5.74, 6) is -0.727. The maximum Gasteiger partial charge on any atom is 0.290 e. The Balaban J connectivity index is 0. The lowest BCUT2D eigenvalue weighted by molar-refractivity contribution is -0.122. The van der Waals surface area contributed by atoms with Crippen LogP contribution in [0.2, 0.25) is 0 Å². The molecule has 6 N–H and O–H groups in total. The number of benzene rings is 2. The minimum Gasteiger partial charge on any atom is -0.483 e. The number of morpholine rings is 1. The van der Waals surface area contributed by atoms with Crippen LogP contribution in [0.5, 0.6) is 0 Å². The average Bonchev–Trinajstić information content (AvgIpc) is 3.06. The monoisotopic (exact) mass is 647 g/mol. The number of carboxylic acid groups (broad SMARTS) is 1. The number of nitrogens with zero attached hydrogens (tertiary/aromatic N) is 1. The van der Waals surface area contributed by atoms with Crippen molar-refractivity contribution in [2.75, 3.05) is 45.7 Å². The maximum absolute atomic E-state index is 13.7. The van der Waals surface area contributed by atoms with Gasteiger partial charge in [0.15, 0.2) is 0 Å². The average molecular weight is 648 g/mol. The number of nitrogens with two attached hydrogens (primary N) is 1. The molecule has 254 valence electrons. The van der Waals surface area contributed by atoms with Gasteiger partial charge in [-0.1, -0.05) is 24.3 Å². The summed E-state index contributed by atoms with van der Waals surface area (Å²) in [7, 11) is 3.66. The second kappa shape index (κ2) is 29.4. The van der Waals surface area contributed by atoms with Crippen LogP contribution in [0.15, 0.2) is 60.9 Å². The van der Waals surface area contributed by atoms with E-state index in [1.165, 1.54) is 37.4 Å². The molecule has 4 rings (SSSR count). The lowest BCUT2D eigenvalue weighted by Crippen LogP contribution is -2.44. The van der Waals surface area contributed by atoms with E-state index in [-0.39, 0.29) is 30.0 Å². The number of terminal acetylenes is 1. The number of halogens is 3. The van der Waals surface area contributed by atoms with Gasteiger partial charge in [-0.05, 0) is 75.5 Å². The third-order valence-corrected chi connectivity index (χ3v) is 5.90. The SMILES string of the molecule is C#C.CC=O.CNCCN.CNc1cncc(F)c1CC[C@@H]1CN[C@H](C)CO1.Fc1ccc(Cc2ccc(F)cc2)cc1.O=CO. The molecule has 0 unspecified atom stereocenters. The van der Waals surface area contributed by atoms with Crippen molar-refractivity contribution in [3.05, 3.63) is 95.1 Å². The number of aldehydes is 1. The zero-order chi connectivity index (χ0) is 35.2. The Morgan fingerprint density at radius 1 is 1.02 bits per heavy atom. The Kier molecular flexibility index (Phi) is 28.1. The quantitative estimate of drug-likeness (QED) is 0.177. The van der Waals surface area contributed by atoms with E-state index in [0.29, 0.717) is 24.4 Å². The molecular weight excluding hydrogens is 599 g/mol. The molecule has 0 amide bonds. The first-order chi connectivity index (χ1) is 22.2. The standard InChI is InChI=1S/C13H10F2.C13H20FN3O.C3H10N2.C2H4O.C2H2.CH2O2/c14-12-5-1-10(2-6-12)9-11-3-7-13(15)8-4-11;1-9-8-18-10(5-17-9)3-4-11-12(14)6-16-7-13(11)15-2;1-5-3-2-4;1-2-3;1-2;2-1-3/h1-8H,9H2;6-7,9-10,15,17H,3-5,8H2,1-2H3;5H,2-4H2,1H3;2H,1H3;1-2H;1H,(H,2,3)/t;9-,10-;;;;/m.1..../s1. The molecule has 1 fully saturated rings. The third kappa shape index (κ3) is 21.4. The second-order valence-corrected chi connectivity index (χ2v) is 9.36. The van der Waals surface area contributed by atoms with E-state index in [1.54, 1.807) is 37.5 Å². The van der Waals surface area contributed by atoms with Crippen molar-refractivity contribution in [3.63, 3.8) is 0 Å². The lowest BCUT2D eigenvalue weighted by atomic mass is 10.0. The summed E-state index contributed by atoms with van der Waals surface area (Å²) in [6, 6.07) is 13.1. The van der Waals surface area contributed by atoms with E-state index < -0.39 is 0 Å². The van der Waals surface area contributed by atoms with E-state index in [9.17, 15) is 13.2 Å². The second-order valence-electron chi connectivity index (χ2n) is 9.36. The molecular formula is C34H48F3N5O4.